The van der Waals surface area contributed by atoms with E-state index in [0.29, 0.717) is 5.56 Å². The molecule has 15 heavy (non-hydrogen) atoms. The first-order valence-electron chi connectivity index (χ1n) is 4.84. The van der Waals surface area contributed by atoms with Gasteiger partial charge in [0, 0.05) is 18.3 Å². The molecule has 6 nitrogen and oxygen atoms in total. The van der Waals surface area contributed by atoms with E-state index in [4.69, 9.17) is 0 Å². The Hall–Kier alpha value is -1.85. The van der Waals surface area contributed by atoms with Gasteiger partial charge in [-0.2, -0.15) is 5.10 Å². The Morgan fingerprint density at radius 1 is 1.53 bits per heavy atom. The number of nitrogens with one attached hydrogen (secondary N) is 2. The molecule has 1 fully saturated rings. The number of hydrogen-bond acceptors (Lipinski definition) is 3. The number of hydrogen-bond donors (Lipinski definition) is 2. The summed E-state index contributed by atoms with van der Waals surface area (Å²) in [5, 5.41) is 8.80. The van der Waals surface area contributed by atoms with Crippen molar-refractivity contribution in [1.29, 1.82) is 0 Å². The summed E-state index contributed by atoms with van der Waals surface area (Å²) in [6, 6.07) is -1.05. The summed E-state index contributed by atoms with van der Waals surface area (Å²) >= 11 is 0. The van der Waals surface area contributed by atoms with E-state index in [9.17, 15) is 9.59 Å². The molecule has 1 aromatic heterocycles. The highest BCUT2D eigenvalue weighted by atomic mass is 16.2. The topological polar surface area (TPSA) is 76.0 Å². The van der Waals surface area contributed by atoms with Crippen LogP contribution in [0.25, 0.3) is 0 Å². The Labute approximate surface area is 86.6 Å². The Bertz CT molecular complexity index is 399. The second-order valence-electron chi connectivity index (χ2n) is 3.43. The summed E-state index contributed by atoms with van der Waals surface area (Å²) in [6.45, 7) is 2.85. The van der Waals surface area contributed by atoms with Gasteiger partial charge >= 0.3 is 6.03 Å². The summed E-state index contributed by atoms with van der Waals surface area (Å²) < 4.78 is 1.76. The van der Waals surface area contributed by atoms with Crippen molar-refractivity contribution >= 4 is 11.9 Å². The molecule has 1 unspecified atom stereocenters. The number of amides is 3. The van der Waals surface area contributed by atoms with Crippen molar-refractivity contribution in [1.82, 2.24) is 20.4 Å². The van der Waals surface area contributed by atoms with Crippen LogP contribution in [-0.2, 0) is 11.3 Å². The predicted molar refractivity (Wildman–Crippen MR) is 51.9 cm³/mol. The molecule has 2 N–H and O–H groups in total. The first-order valence-corrected chi connectivity index (χ1v) is 4.84. The van der Waals surface area contributed by atoms with Crippen LogP contribution in [-0.4, -0.2) is 21.7 Å². The van der Waals surface area contributed by atoms with Gasteiger partial charge in [-0.05, 0) is 6.42 Å². The zero-order valence-corrected chi connectivity index (χ0v) is 8.36. The van der Waals surface area contributed by atoms with Gasteiger partial charge in [-0.25, -0.2) is 4.79 Å². The van der Waals surface area contributed by atoms with E-state index in [0.717, 1.165) is 13.0 Å². The summed E-state index contributed by atoms with van der Waals surface area (Å²) in [5.41, 5.74) is 0.715. The maximum Gasteiger partial charge on any atom is 0.322 e. The smallest absolute Gasteiger partial charge is 0.322 e. The highest BCUT2D eigenvalue weighted by molar-refractivity contribution is 6.04. The van der Waals surface area contributed by atoms with E-state index in [1.807, 2.05) is 6.92 Å². The summed E-state index contributed by atoms with van der Waals surface area (Å²) in [5.74, 6) is -0.323. The minimum absolute atomic E-state index is 0.323. The number of carbonyl (C=O) groups is 2. The first-order chi connectivity index (χ1) is 7.20. The average Bonchev–Trinajstić information content (AvgIpc) is 2.73. The van der Waals surface area contributed by atoms with Gasteiger partial charge in [-0.15, -0.1) is 0 Å². The van der Waals surface area contributed by atoms with Crippen molar-refractivity contribution in [3.63, 3.8) is 0 Å². The van der Waals surface area contributed by atoms with Crippen LogP contribution in [0.4, 0.5) is 4.79 Å². The molecular formula is C9H12N4O2. The van der Waals surface area contributed by atoms with Gasteiger partial charge in [0.2, 0.25) is 0 Å². The van der Waals surface area contributed by atoms with E-state index in [1.165, 1.54) is 0 Å². The van der Waals surface area contributed by atoms with E-state index < -0.39 is 12.1 Å². The van der Waals surface area contributed by atoms with Crippen LogP contribution in [0.2, 0.25) is 0 Å². The molecule has 0 spiro atoms. The van der Waals surface area contributed by atoms with Gasteiger partial charge in [0.15, 0.2) is 0 Å². The number of aromatic nitrogens is 2. The van der Waals surface area contributed by atoms with Gasteiger partial charge < -0.3 is 5.32 Å². The fourth-order valence-corrected chi connectivity index (χ4v) is 1.53. The van der Waals surface area contributed by atoms with Crippen molar-refractivity contribution in [2.24, 2.45) is 0 Å². The van der Waals surface area contributed by atoms with Crippen molar-refractivity contribution in [3.05, 3.63) is 18.0 Å². The van der Waals surface area contributed by atoms with E-state index in [2.05, 4.69) is 15.7 Å². The minimum atomic E-state index is -0.594. The molecule has 0 aliphatic carbocycles. The van der Waals surface area contributed by atoms with Gasteiger partial charge in [0.25, 0.3) is 5.91 Å². The van der Waals surface area contributed by atoms with E-state index in [1.54, 1.807) is 17.1 Å². The molecule has 2 heterocycles. The highest BCUT2D eigenvalue weighted by Crippen LogP contribution is 2.15. The van der Waals surface area contributed by atoms with Crippen LogP contribution >= 0.6 is 0 Å². The minimum Gasteiger partial charge on any atom is -0.322 e. The molecule has 1 aliphatic heterocycles. The molecule has 0 bridgehead atoms. The molecule has 0 aromatic carbocycles. The molecule has 80 valence electrons. The number of carbonyl (C=O) groups excluding carboxylic acids is 2. The third-order valence-electron chi connectivity index (χ3n) is 2.21. The molecular weight excluding hydrogens is 196 g/mol. The first kappa shape index (κ1) is 9.70. The Morgan fingerprint density at radius 2 is 2.33 bits per heavy atom. The monoisotopic (exact) mass is 208 g/mol. The zero-order valence-electron chi connectivity index (χ0n) is 8.36. The SMILES string of the molecule is CCCn1cc(C2NC(=O)NC2=O)cn1. The zero-order chi connectivity index (χ0) is 10.8. The largest absolute Gasteiger partial charge is 0.322 e. The van der Waals surface area contributed by atoms with Crippen LogP contribution in [0, 0.1) is 0 Å². The standard InChI is InChI=1S/C9H12N4O2/c1-2-3-13-5-6(4-10-13)7-8(14)12-9(15)11-7/h4-5,7H,2-3H2,1H3,(H2,11,12,14,15). The van der Waals surface area contributed by atoms with Crippen LogP contribution in [0.3, 0.4) is 0 Å². The lowest BCUT2D eigenvalue weighted by Gasteiger charge is -2.02. The molecule has 0 radical (unpaired) electrons. The van der Waals surface area contributed by atoms with Gasteiger partial charge in [-0.1, -0.05) is 6.92 Å². The Morgan fingerprint density at radius 3 is 2.93 bits per heavy atom. The van der Waals surface area contributed by atoms with Crippen molar-refractivity contribution in [2.75, 3.05) is 0 Å². The molecule has 0 saturated carbocycles. The lowest BCUT2D eigenvalue weighted by molar-refractivity contribution is -0.120. The molecule has 2 rings (SSSR count). The fourth-order valence-electron chi connectivity index (χ4n) is 1.53. The number of rotatable bonds is 3. The third-order valence-corrected chi connectivity index (χ3v) is 2.21. The van der Waals surface area contributed by atoms with Crippen molar-refractivity contribution < 1.29 is 9.59 Å². The lowest BCUT2D eigenvalue weighted by Crippen LogP contribution is -2.22. The van der Waals surface area contributed by atoms with Crippen LogP contribution in [0.1, 0.15) is 24.9 Å². The number of nitrogens with zero attached hydrogens (tertiary/aromatic N) is 2. The van der Waals surface area contributed by atoms with Gasteiger partial charge in [0.05, 0.1) is 6.20 Å². The second-order valence-corrected chi connectivity index (χ2v) is 3.43. The Kier molecular flexibility index (Phi) is 2.40. The summed E-state index contributed by atoms with van der Waals surface area (Å²) in [7, 11) is 0. The summed E-state index contributed by atoms with van der Waals surface area (Å²) in [6.07, 6.45) is 4.36. The van der Waals surface area contributed by atoms with Crippen LogP contribution < -0.4 is 10.6 Å². The number of imide groups is 1. The van der Waals surface area contributed by atoms with Crippen LogP contribution in [0.5, 0.6) is 0 Å². The molecule has 1 aromatic rings. The predicted octanol–water partition coefficient (Wildman–Crippen LogP) is 0.174. The van der Waals surface area contributed by atoms with Crippen LogP contribution in [0.15, 0.2) is 12.4 Å². The number of aryl methyl sites for hydroxylation is 1. The molecule has 3 amide bonds. The normalized spacial score (nSPS) is 20.2. The molecule has 1 saturated heterocycles. The maximum absolute atomic E-state index is 11.3. The third kappa shape index (κ3) is 1.83. The lowest BCUT2D eigenvalue weighted by atomic mass is 10.2. The van der Waals surface area contributed by atoms with Gasteiger partial charge in [0.1, 0.15) is 6.04 Å². The van der Waals surface area contributed by atoms with Crippen molar-refractivity contribution in [3.8, 4) is 0 Å². The highest BCUT2D eigenvalue weighted by Gasteiger charge is 2.31. The molecule has 1 aliphatic rings. The number of urea groups is 1. The van der Waals surface area contributed by atoms with Gasteiger partial charge in [-0.3, -0.25) is 14.8 Å². The van der Waals surface area contributed by atoms with E-state index in [-0.39, 0.29) is 5.91 Å². The quantitative estimate of drug-likeness (QED) is 0.695. The average molecular weight is 208 g/mol. The summed E-state index contributed by atoms with van der Waals surface area (Å²) in [4.78, 5) is 22.2. The maximum atomic E-state index is 11.3. The Balaban J connectivity index is 2.15. The molecule has 1 atom stereocenters. The fraction of sp³-hybridized carbons (Fsp3) is 0.444. The second kappa shape index (κ2) is 3.72. The van der Waals surface area contributed by atoms with Crippen molar-refractivity contribution in [2.45, 2.75) is 25.9 Å². The van der Waals surface area contributed by atoms with E-state index >= 15 is 0 Å². The molecule has 6 heteroatoms.